The van der Waals surface area contributed by atoms with Crippen LogP contribution in [0.1, 0.15) is 30.9 Å². The van der Waals surface area contributed by atoms with Crippen LogP contribution in [0, 0.1) is 0 Å². The number of thiophene rings is 1. The number of aliphatic imine (C=N–C) groups is 1. The number of benzene rings is 1. The smallest absolute Gasteiger partial charge is 0.191 e. The lowest BCUT2D eigenvalue weighted by molar-refractivity contribution is 0.0331. The Kier molecular flexibility index (Phi) is 12.3. The van der Waals surface area contributed by atoms with Crippen molar-refractivity contribution in [3.05, 3.63) is 58.3 Å². The Morgan fingerprint density at radius 2 is 2.00 bits per heavy atom. The second-order valence-electron chi connectivity index (χ2n) is 6.21. The number of aliphatic hydroxyl groups excluding tert-OH is 1. The third-order valence-electron chi connectivity index (χ3n) is 3.91. The highest BCUT2D eigenvalue weighted by atomic mass is 127. The van der Waals surface area contributed by atoms with Crippen LogP contribution in [-0.4, -0.2) is 43.4 Å². The minimum absolute atomic E-state index is 0. The highest BCUT2D eigenvalue weighted by Crippen LogP contribution is 2.16. The number of nitrogens with zero attached hydrogens (tertiary/aromatic N) is 1. The van der Waals surface area contributed by atoms with Crippen molar-refractivity contribution in [2.45, 2.75) is 32.5 Å². The minimum Gasteiger partial charge on any atom is -0.389 e. The van der Waals surface area contributed by atoms with E-state index >= 15 is 0 Å². The van der Waals surface area contributed by atoms with Gasteiger partial charge in [-0.3, -0.25) is 4.99 Å². The highest BCUT2D eigenvalue weighted by molar-refractivity contribution is 14.0. The maximum Gasteiger partial charge on any atom is 0.191 e. The number of ether oxygens (including phenoxy) is 1. The van der Waals surface area contributed by atoms with E-state index in [0.717, 1.165) is 24.6 Å². The molecule has 2 atom stereocenters. The van der Waals surface area contributed by atoms with E-state index in [2.05, 4.69) is 39.4 Å². The van der Waals surface area contributed by atoms with Crippen LogP contribution in [0.25, 0.3) is 0 Å². The minimum atomic E-state index is -0.622. The fraction of sp³-hybridized carbons (Fsp3) is 0.450. The summed E-state index contributed by atoms with van der Waals surface area (Å²) in [6.07, 6.45) is -0.622. The molecular formula is C20H30IN3O2S. The third kappa shape index (κ3) is 9.55. The van der Waals surface area contributed by atoms with Crippen LogP contribution in [0.5, 0.6) is 0 Å². The summed E-state index contributed by atoms with van der Waals surface area (Å²) in [4.78, 5) is 4.46. The molecule has 150 valence electrons. The predicted octanol–water partition coefficient (Wildman–Crippen LogP) is 3.60. The average molecular weight is 503 g/mol. The molecule has 0 fully saturated rings. The van der Waals surface area contributed by atoms with E-state index in [9.17, 15) is 5.11 Å². The van der Waals surface area contributed by atoms with Crippen molar-refractivity contribution in [1.82, 2.24) is 10.6 Å². The number of aliphatic hydroxyl groups is 1. The number of rotatable bonds is 10. The molecule has 0 saturated carbocycles. The van der Waals surface area contributed by atoms with Gasteiger partial charge in [0.2, 0.25) is 0 Å². The molecule has 7 heteroatoms. The normalized spacial score (nSPS) is 13.5. The van der Waals surface area contributed by atoms with Crippen LogP contribution in [0.4, 0.5) is 0 Å². The van der Waals surface area contributed by atoms with Crippen molar-refractivity contribution in [2.75, 3.05) is 26.2 Å². The van der Waals surface area contributed by atoms with Gasteiger partial charge < -0.3 is 20.5 Å². The van der Waals surface area contributed by atoms with E-state index in [1.807, 2.05) is 37.3 Å². The lowest BCUT2D eigenvalue weighted by Crippen LogP contribution is -2.39. The van der Waals surface area contributed by atoms with Crippen LogP contribution in [0.3, 0.4) is 0 Å². The average Bonchev–Trinajstić information content (AvgIpc) is 3.19. The number of guanidine groups is 1. The van der Waals surface area contributed by atoms with E-state index in [0.29, 0.717) is 19.1 Å². The summed E-state index contributed by atoms with van der Waals surface area (Å²) in [5.41, 5.74) is 2.42. The Hall–Kier alpha value is -1.16. The molecule has 2 unspecified atom stereocenters. The molecule has 5 nitrogen and oxygen atoms in total. The Morgan fingerprint density at radius 3 is 2.67 bits per heavy atom. The number of hydrogen-bond acceptors (Lipinski definition) is 4. The van der Waals surface area contributed by atoms with Crippen molar-refractivity contribution in [2.24, 2.45) is 4.99 Å². The highest BCUT2D eigenvalue weighted by Gasteiger charge is 2.08. The first-order valence-electron chi connectivity index (χ1n) is 9.03. The van der Waals surface area contributed by atoms with Crippen molar-refractivity contribution in [1.29, 1.82) is 0 Å². The largest absolute Gasteiger partial charge is 0.389 e. The molecule has 0 radical (unpaired) electrons. The summed E-state index contributed by atoms with van der Waals surface area (Å²) in [6, 6.07) is 12.1. The molecule has 2 aromatic rings. The zero-order valence-corrected chi connectivity index (χ0v) is 19.1. The molecule has 0 bridgehead atoms. The number of halogens is 1. The van der Waals surface area contributed by atoms with Gasteiger partial charge in [0.25, 0.3) is 0 Å². The van der Waals surface area contributed by atoms with Gasteiger partial charge in [0.05, 0.1) is 25.9 Å². The van der Waals surface area contributed by atoms with Gasteiger partial charge >= 0.3 is 0 Å². The Morgan fingerprint density at radius 1 is 1.22 bits per heavy atom. The first-order valence-corrected chi connectivity index (χ1v) is 9.97. The second kappa shape index (κ2) is 13.9. The summed E-state index contributed by atoms with van der Waals surface area (Å²) in [5.74, 6) is 1.13. The standard InChI is InChI=1S/C20H29N3O2S.HI/c1-3-21-20(22-11-16(2)18-9-10-26-15-18)23-12-19(24)14-25-13-17-7-5-4-6-8-17;/h4-10,15-16,19,24H,3,11-14H2,1-2H3,(H2,21,22,23);1H. The summed E-state index contributed by atoms with van der Waals surface area (Å²) in [5, 5.41) is 20.9. The van der Waals surface area contributed by atoms with Crippen LogP contribution >= 0.6 is 35.3 Å². The fourth-order valence-electron chi connectivity index (χ4n) is 2.40. The van der Waals surface area contributed by atoms with Gasteiger partial charge in [-0.25, -0.2) is 0 Å². The number of nitrogens with one attached hydrogen (secondary N) is 2. The van der Waals surface area contributed by atoms with E-state index in [1.165, 1.54) is 5.56 Å². The molecule has 0 aliphatic heterocycles. The van der Waals surface area contributed by atoms with Gasteiger partial charge in [0.1, 0.15) is 0 Å². The lowest BCUT2D eigenvalue weighted by atomic mass is 10.1. The summed E-state index contributed by atoms with van der Waals surface area (Å²) in [6.45, 7) is 6.85. The molecule has 0 amide bonds. The van der Waals surface area contributed by atoms with Crippen molar-refractivity contribution in [3.63, 3.8) is 0 Å². The van der Waals surface area contributed by atoms with Crippen LogP contribution < -0.4 is 10.6 Å². The molecule has 1 heterocycles. The molecule has 2 rings (SSSR count). The number of hydrogen-bond donors (Lipinski definition) is 3. The zero-order chi connectivity index (χ0) is 18.6. The van der Waals surface area contributed by atoms with Crippen LogP contribution in [-0.2, 0) is 11.3 Å². The molecule has 0 aliphatic carbocycles. The van der Waals surface area contributed by atoms with E-state index in [-0.39, 0.29) is 30.6 Å². The third-order valence-corrected chi connectivity index (χ3v) is 4.62. The second-order valence-corrected chi connectivity index (χ2v) is 6.99. The quantitative estimate of drug-likeness (QED) is 0.264. The van der Waals surface area contributed by atoms with Crippen molar-refractivity contribution >= 4 is 41.3 Å². The Balaban J connectivity index is 0.00000364. The Labute approximate surface area is 183 Å². The van der Waals surface area contributed by atoms with Crippen LogP contribution in [0.15, 0.2) is 52.2 Å². The maximum atomic E-state index is 10.1. The molecule has 27 heavy (non-hydrogen) atoms. The van der Waals surface area contributed by atoms with Gasteiger partial charge in [-0.05, 0) is 40.8 Å². The van der Waals surface area contributed by atoms with Crippen molar-refractivity contribution < 1.29 is 9.84 Å². The summed E-state index contributed by atoms with van der Waals surface area (Å²) in [7, 11) is 0. The lowest BCUT2D eigenvalue weighted by Gasteiger charge is -2.16. The SMILES string of the molecule is CCNC(=NCC(O)COCc1ccccc1)NCC(C)c1ccsc1.I. The van der Waals surface area contributed by atoms with Gasteiger partial charge in [-0.1, -0.05) is 37.3 Å². The van der Waals surface area contributed by atoms with Crippen LogP contribution in [0.2, 0.25) is 0 Å². The van der Waals surface area contributed by atoms with Gasteiger partial charge in [-0.15, -0.1) is 24.0 Å². The molecule has 1 aromatic heterocycles. The summed E-state index contributed by atoms with van der Waals surface area (Å²) >= 11 is 1.71. The van der Waals surface area contributed by atoms with Gasteiger partial charge in [0, 0.05) is 13.1 Å². The first-order chi connectivity index (χ1) is 12.7. The van der Waals surface area contributed by atoms with E-state index in [1.54, 1.807) is 11.3 Å². The monoisotopic (exact) mass is 503 g/mol. The fourth-order valence-corrected chi connectivity index (χ4v) is 3.18. The van der Waals surface area contributed by atoms with Crippen molar-refractivity contribution in [3.8, 4) is 0 Å². The molecule has 0 spiro atoms. The molecule has 0 saturated heterocycles. The maximum absolute atomic E-state index is 10.1. The zero-order valence-electron chi connectivity index (χ0n) is 15.9. The first kappa shape index (κ1) is 23.9. The van der Waals surface area contributed by atoms with E-state index < -0.39 is 6.10 Å². The topological polar surface area (TPSA) is 65.9 Å². The molecule has 3 N–H and O–H groups in total. The van der Waals surface area contributed by atoms with Gasteiger partial charge in [0.15, 0.2) is 5.96 Å². The Bertz CT molecular complexity index is 638. The predicted molar refractivity (Wildman–Crippen MR) is 124 cm³/mol. The molecular weight excluding hydrogens is 473 g/mol. The van der Waals surface area contributed by atoms with Gasteiger partial charge in [-0.2, -0.15) is 11.3 Å². The summed E-state index contributed by atoms with van der Waals surface area (Å²) < 4.78 is 5.56. The molecule has 0 aliphatic rings. The van der Waals surface area contributed by atoms with E-state index in [4.69, 9.17) is 4.74 Å². The molecule has 1 aromatic carbocycles.